The number of ether oxygens (including phenoxy) is 1. The van der Waals surface area contributed by atoms with Crippen molar-refractivity contribution in [2.75, 3.05) is 13.2 Å². The summed E-state index contributed by atoms with van der Waals surface area (Å²) in [6.07, 6.45) is 7.91. The largest absolute Gasteiger partial charge is 0.381 e. The van der Waals surface area contributed by atoms with E-state index in [4.69, 9.17) is 4.74 Å². The standard InChI is InChI=1S/C11H16O2/c12-11-3-1-2-10(8-11)9-4-6-13-7-5-9/h1,3,9-10H,2,4-8H2. The average molecular weight is 180 g/mol. The second kappa shape index (κ2) is 4.05. The molecule has 0 aromatic rings. The van der Waals surface area contributed by atoms with Crippen molar-refractivity contribution in [2.45, 2.75) is 25.7 Å². The van der Waals surface area contributed by atoms with Gasteiger partial charge in [-0.1, -0.05) is 6.08 Å². The fourth-order valence-electron chi connectivity index (χ4n) is 2.33. The van der Waals surface area contributed by atoms with Crippen molar-refractivity contribution in [3.05, 3.63) is 12.2 Å². The molecule has 1 fully saturated rings. The van der Waals surface area contributed by atoms with Crippen LogP contribution in [0.4, 0.5) is 0 Å². The molecule has 2 rings (SSSR count). The Hall–Kier alpha value is -0.630. The minimum atomic E-state index is 0.308. The number of carbonyl (C=O) groups is 1. The Morgan fingerprint density at radius 1 is 1.23 bits per heavy atom. The first-order chi connectivity index (χ1) is 6.36. The molecule has 0 aromatic carbocycles. The maximum Gasteiger partial charge on any atom is 0.155 e. The summed E-state index contributed by atoms with van der Waals surface area (Å²) in [5.74, 6) is 1.63. The monoisotopic (exact) mass is 180 g/mol. The fourth-order valence-corrected chi connectivity index (χ4v) is 2.33. The van der Waals surface area contributed by atoms with E-state index >= 15 is 0 Å². The number of carbonyl (C=O) groups excluding carboxylic acids is 1. The number of rotatable bonds is 1. The third-order valence-electron chi connectivity index (χ3n) is 3.14. The lowest BCUT2D eigenvalue weighted by atomic mass is 9.79. The van der Waals surface area contributed by atoms with Crippen LogP contribution in [0, 0.1) is 11.8 Å². The molecule has 0 bridgehead atoms. The summed E-state index contributed by atoms with van der Waals surface area (Å²) in [7, 11) is 0. The molecule has 0 aromatic heterocycles. The van der Waals surface area contributed by atoms with Crippen LogP contribution in [0.3, 0.4) is 0 Å². The van der Waals surface area contributed by atoms with Crippen molar-refractivity contribution in [1.29, 1.82) is 0 Å². The number of hydrogen-bond acceptors (Lipinski definition) is 2. The summed E-state index contributed by atoms with van der Waals surface area (Å²) in [5, 5.41) is 0. The Labute approximate surface area is 79.0 Å². The smallest absolute Gasteiger partial charge is 0.155 e. The van der Waals surface area contributed by atoms with Crippen molar-refractivity contribution in [1.82, 2.24) is 0 Å². The second-order valence-electron chi connectivity index (χ2n) is 4.02. The molecular weight excluding hydrogens is 164 g/mol. The van der Waals surface area contributed by atoms with Crippen LogP contribution in [0.25, 0.3) is 0 Å². The van der Waals surface area contributed by atoms with E-state index in [2.05, 4.69) is 0 Å². The zero-order chi connectivity index (χ0) is 9.10. The van der Waals surface area contributed by atoms with E-state index < -0.39 is 0 Å². The summed E-state index contributed by atoms with van der Waals surface area (Å²) in [6.45, 7) is 1.78. The Balaban J connectivity index is 1.92. The van der Waals surface area contributed by atoms with Crippen LogP contribution in [0.1, 0.15) is 25.7 Å². The Morgan fingerprint density at radius 2 is 2.00 bits per heavy atom. The molecule has 13 heavy (non-hydrogen) atoms. The molecule has 2 aliphatic rings. The van der Waals surface area contributed by atoms with Gasteiger partial charge in [-0.05, 0) is 37.2 Å². The highest BCUT2D eigenvalue weighted by Crippen LogP contribution is 2.31. The third-order valence-corrected chi connectivity index (χ3v) is 3.14. The van der Waals surface area contributed by atoms with E-state index in [0.717, 1.165) is 44.8 Å². The second-order valence-corrected chi connectivity index (χ2v) is 4.02. The van der Waals surface area contributed by atoms with Gasteiger partial charge in [0.05, 0.1) is 0 Å². The van der Waals surface area contributed by atoms with E-state index in [-0.39, 0.29) is 0 Å². The molecule has 1 atom stereocenters. The summed E-state index contributed by atoms with van der Waals surface area (Å²) >= 11 is 0. The van der Waals surface area contributed by atoms with Gasteiger partial charge in [0.15, 0.2) is 5.78 Å². The first-order valence-electron chi connectivity index (χ1n) is 5.13. The van der Waals surface area contributed by atoms with Crippen molar-refractivity contribution >= 4 is 5.78 Å². The van der Waals surface area contributed by atoms with Crippen molar-refractivity contribution in [3.63, 3.8) is 0 Å². The van der Waals surface area contributed by atoms with Crippen LogP contribution in [-0.2, 0) is 9.53 Å². The Morgan fingerprint density at radius 3 is 2.69 bits per heavy atom. The first kappa shape index (κ1) is 8.95. The summed E-state index contributed by atoms with van der Waals surface area (Å²) in [5.41, 5.74) is 0. The molecule has 0 N–H and O–H groups in total. The maximum absolute atomic E-state index is 11.2. The molecule has 2 nitrogen and oxygen atoms in total. The summed E-state index contributed by atoms with van der Waals surface area (Å²) < 4.78 is 5.31. The van der Waals surface area contributed by atoms with Crippen molar-refractivity contribution in [3.8, 4) is 0 Å². The minimum absolute atomic E-state index is 0.308. The highest BCUT2D eigenvalue weighted by Gasteiger charge is 2.26. The van der Waals surface area contributed by atoms with Gasteiger partial charge in [-0.3, -0.25) is 4.79 Å². The van der Waals surface area contributed by atoms with Crippen LogP contribution < -0.4 is 0 Å². The predicted octanol–water partition coefficient (Wildman–Crippen LogP) is 1.95. The van der Waals surface area contributed by atoms with Gasteiger partial charge in [0, 0.05) is 19.6 Å². The fraction of sp³-hybridized carbons (Fsp3) is 0.727. The zero-order valence-electron chi connectivity index (χ0n) is 7.87. The molecule has 1 saturated heterocycles. The van der Waals surface area contributed by atoms with Crippen LogP contribution in [-0.4, -0.2) is 19.0 Å². The van der Waals surface area contributed by atoms with Gasteiger partial charge in [-0.25, -0.2) is 0 Å². The van der Waals surface area contributed by atoms with E-state index in [9.17, 15) is 4.79 Å². The highest BCUT2D eigenvalue weighted by atomic mass is 16.5. The normalized spacial score (nSPS) is 30.8. The van der Waals surface area contributed by atoms with Gasteiger partial charge in [0.1, 0.15) is 0 Å². The van der Waals surface area contributed by atoms with Gasteiger partial charge in [-0.15, -0.1) is 0 Å². The molecule has 1 aliphatic heterocycles. The lowest BCUT2D eigenvalue weighted by Crippen LogP contribution is -2.26. The topological polar surface area (TPSA) is 26.3 Å². The molecular formula is C11H16O2. The van der Waals surface area contributed by atoms with Gasteiger partial charge in [-0.2, -0.15) is 0 Å². The van der Waals surface area contributed by atoms with E-state index in [1.165, 1.54) is 0 Å². The minimum Gasteiger partial charge on any atom is -0.381 e. The quantitative estimate of drug-likeness (QED) is 0.616. The van der Waals surface area contributed by atoms with Crippen LogP contribution in [0.5, 0.6) is 0 Å². The number of ketones is 1. The van der Waals surface area contributed by atoms with Crippen LogP contribution in [0.2, 0.25) is 0 Å². The first-order valence-corrected chi connectivity index (χ1v) is 5.13. The molecule has 1 aliphatic carbocycles. The predicted molar refractivity (Wildman–Crippen MR) is 50.4 cm³/mol. The van der Waals surface area contributed by atoms with Gasteiger partial charge in [0.25, 0.3) is 0 Å². The molecule has 2 heteroatoms. The van der Waals surface area contributed by atoms with Gasteiger partial charge >= 0.3 is 0 Å². The van der Waals surface area contributed by atoms with Crippen LogP contribution >= 0.6 is 0 Å². The lowest BCUT2D eigenvalue weighted by Gasteiger charge is -2.30. The summed E-state index contributed by atoms with van der Waals surface area (Å²) in [4.78, 5) is 11.2. The third kappa shape index (κ3) is 2.19. The molecule has 0 radical (unpaired) electrons. The van der Waals surface area contributed by atoms with Gasteiger partial charge in [0.2, 0.25) is 0 Å². The molecule has 1 unspecified atom stereocenters. The van der Waals surface area contributed by atoms with Crippen molar-refractivity contribution in [2.24, 2.45) is 11.8 Å². The van der Waals surface area contributed by atoms with Crippen LogP contribution in [0.15, 0.2) is 12.2 Å². The van der Waals surface area contributed by atoms with Crippen molar-refractivity contribution < 1.29 is 9.53 Å². The maximum atomic E-state index is 11.2. The molecule has 1 heterocycles. The van der Waals surface area contributed by atoms with E-state index in [1.54, 1.807) is 6.08 Å². The molecule has 0 spiro atoms. The van der Waals surface area contributed by atoms with E-state index in [1.807, 2.05) is 6.08 Å². The SMILES string of the molecule is O=C1C=CCC(C2CCOCC2)C1. The number of hydrogen-bond donors (Lipinski definition) is 0. The van der Waals surface area contributed by atoms with E-state index in [0.29, 0.717) is 11.7 Å². The molecule has 0 saturated carbocycles. The Bertz CT molecular complexity index is 214. The molecule has 0 amide bonds. The lowest BCUT2D eigenvalue weighted by molar-refractivity contribution is -0.116. The molecule has 72 valence electrons. The zero-order valence-corrected chi connectivity index (χ0v) is 7.87. The number of allylic oxidation sites excluding steroid dienone is 2. The summed E-state index contributed by atoms with van der Waals surface area (Å²) in [6, 6.07) is 0. The van der Waals surface area contributed by atoms with Gasteiger partial charge < -0.3 is 4.74 Å². The average Bonchev–Trinajstić information content (AvgIpc) is 2.19. The Kier molecular flexibility index (Phi) is 2.79. The highest BCUT2D eigenvalue weighted by molar-refractivity contribution is 5.90.